The summed E-state index contributed by atoms with van der Waals surface area (Å²) in [4.78, 5) is 27.4. The number of anilines is 1. The number of piperidine rings is 2. The van der Waals surface area contributed by atoms with Gasteiger partial charge < -0.3 is 20.2 Å². The van der Waals surface area contributed by atoms with Gasteiger partial charge in [0.1, 0.15) is 24.6 Å². The van der Waals surface area contributed by atoms with Crippen molar-refractivity contribution in [3.8, 4) is 0 Å². The number of aryl methyl sites for hydroxylation is 1. The van der Waals surface area contributed by atoms with Gasteiger partial charge in [-0.2, -0.15) is 0 Å². The van der Waals surface area contributed by atoms with Gasteiger partial charge in [-0.1, -0.05) is 5.16 Å². The minimum absolute atomic E-state index is 0.174. The maximum atomic E-state index is 15.8. The number of halogens is 2. The summed E-state index contributed by atoms with van der Waals surface area (Å²) in [7, 11) is 1.47. The molecule has 8 nitrogen and oxygen atoms in total. The van der Waals surface area contributed by atoms with Crippen molar-refractivity contribution in [1.82, 2.24) is 14.8 Å². The second kappa shape index (κ2) is 9.74. The molecule has 4 aliphatic rings. The van der Waals surface area contributed by atoms with Crippen molar-refractivity contribution in [2.24, 2.45) is 5.16 Å². The SMILES string of the molecule is CO/N=C1\CC2(CCN(C(=O)C3(F)CCN(Cc4sc(N)nc4C)CC3)CC2)OC2=C1CC(F)C=C2. The lowest BCUT2D eigenvalue weighted by Gasteiger charge is -2.47. The fourth-order valence-corrected chi connectivity index (χ4v) is 6.53. The van der Waals surface area contributed by atoms with Crippen LogP contribution in [-0.2, 0) is 20.9 Å². The van der Waals surface area contributed by atoms with Crippen molar-refractivity contribution in [2.45, 2.75) is 69.4 Å². The third kappa shape index (κ3) is 4.87. The maximum Gasteiger partial charge on any atom is 0.260 e. The zero-order valence-electron chi connectivity index (χ0n) is 20.8. The quantitative estimate of drug-likeness (QED) is 0.608. The minimum Gasteiger partial charge on any atom is -0.486 e. The van der Waals surface area contributed by atoms with Crippen molar-refractivity contribution in [1.29, 1.82) is 0 Å². The fraction of sp³-hybridized carbons (Fsp3) is 0.640. The van der Waals surface area contributed by atoms with Gasteiger partial charge in [0, 0.05) is 81.7 Å². The van der Waals surface area contributed by atoms with Gasteiger partial charge in [0.25, 0.3) is 5.91 Å². The molecule has 2 N–H and O–H groups in total. The molecule has 0 aromatic carbocycles. The maximum absolute atomic E-state index is 15.8. The molecule has 1 amide bonds. The molecule has 11 heteroatoms. The molecule has 2 saturated heterocycles. The molecule has 3 aliphatic heterocycles. The summed E-state index contributed by atoms with van der Waals surface area (Å²) in [5, 5.41) is 4.70. The van der Waals surface area contributed by atoms with E-state index < -0.39 is 23.3 Å². The Balaban J connectivity index is 1.19. The van der Waals surface area contributed by atoms with Gasteiger partial charge >= 0.3 is 0 Å². The summed E-state index contributed by atoms with van der Waals surface area (Å²) < 4.78 is 36.1. The number of likely N-dealkylation sites (tertiary alicyclic amines) is 2. The highest BCUT2D eigenvalue weighted by Crippen LogP contribution is 2.42. The molecule has 1 atom stereocenters. The van der Waals surface area contributed by atoms with E-state index in [0.717, 1.165) is 16.1 Å². The van der Waals surface area contributed by atoms with Crippen LogP contribution >= 0.6 is 11.3 Å². The van der Waals surface area contributed by atoms with Crippen molar-refractivity contribution in [3.05, 3.63) is 34.1 Å². The van der Waals surface area contributed by atoms with Crippen LogP contribution in [0.5, 0.6) is 0 Å². The molecule has 2 fully saturated rings. The van der Waals surface area contributed by atoms with Crippen LogP contribution in [0.25, 0.3) is 0 Å². The van der Waals surface area contributed by atoms with E-state index in [-0.39, 0.29) is 19.3 Å². The van der Waals surface area contributed by atoms with Crippen LogP contribution in [0.15, 0.2) is 28.6 Å². The number of nitrogens with zero attached hydrogens (tertiary/aromatic N) is 4. The number of alkyl halides is 2. The van der Waals surface area contributed by atoms with Crippen LogP contribution in [0.3, 0.4) is 0 Å². The Bertz CT molecular complexity index is 1100. The first-order valence-corrected chi connectivity index (χ1v) is 13.3. The van der Waals surface area contributed by atoms with Crippen molar-refractivity contribution in [2.75, 3.05) is 39.0 Å². The Morgan fingerprint density at radius 3 is 2.67 bits per heavy atom. The number of ether oxygens (including phenoxy) is 1. The average molecular weight is 522 g/mol. The molecule has 1 aliphatic carbocycles. The number of hydrogen-bond acceptors (Lipinski definition) is 8. The molecule has 5 rings (SSSR count). The van der Waals surface area contributed by atoms with Crippen LogP contribution in [-0.4, -0.2) is 77.1 Å². The summed E-state index contributed by atoms with van der Waals surface area (Å²) >= 11 is 1.46. The van der Waals surface area contributed by atoms with Crippen LogP contribution in [0.2, 0.25) is 0 Å². The number of hydrogen-bond donors (Lipinski definition) is 1. The molecule has 0 radical (unpaired) electrons. The van der Waals surface area contributed by atoms with E-state index in [2.05, 4.69) is 15.0 Å². The van der Waals surface area contributed by atoms with E-state index in [9.17, 15) is 9.18 Å². The predicted octanol–water partition coefficient (Wildman–Crippen LogP) is 3.67. The Hall–Kier alpha value is -2.53. The molecule has 1 spiro atoms. The standard InChI is InChI=1S/C25H33F2N5O3S/c1-16-21(36-23(28)29-16)15-31-9-7-25(27,8-10-31)22(33)32-11-5-24(6-12-32)14-19(30-34-2)18-13-17(26)3-4-20(18)35-24/h3-4,17H,5-15H2,1-2H3,(H2,28,29)/b30-19+. The summed E-state index contributed by atoms with van der Waals surface area (Å²) in [6.07, 6.45) is 4.25. The molecule has 0 saturated carbocycles. The number of amides is 1. The lowest BCUT2D eigenvalue weighted by Crippen LogP contribution is -2.57. The van der Waals surface area contributed by atoms with Crippen LogP contribution in [0.1, 0.15) is 49.1 Å². The van der Waals surface area contributed by atoms with Crippen molar-refractivity contribution >= 4 is 28.1 Å². The van der Waals surface area contributed by atoms with Crippen LogP contribution in [0, 0.1) is 6.92 Å². The number of rotatable bonds is 4. The molecule has 1 unspecified atom stereocenters. The molecular weight excluding hydrogens is 488 g/mol. The molecule has 1 aromatic heterocycles. The number of oxime groups is 1. The summed E-state index contributed by atoms with van der Waals surface area (Å²) in [6.45, 7) is 4.44. The zero-order chi connectivity index (χ0) is 25.5. The Labute approximate surface area is 213 Å². The van der Waals surface area contributed by atoms with Gasteiger partial charge in [-0.05, 0) is 19.1 Å². The van der Waals surface area contributed by atoms with E-state index in [1.165, 1.54) is 24.5 Å². The van der Waals surface area contributed by atoms with Gasteiger partial charge in [0.05, 0.1) is 11.4 Å². The van der Waals surface area contributed by atoms with Crippen LogP contribution < -0.4 is 5.73 Å². The van der Waals surface area contributed by atoms with Gasteiger partial charge in [0.2, 0.25) is 0 Å². The van der Waals surface area contributed by atoms with E-state index >= 15 is 4.39 Å². The molecule has 1 aromatic rings. The number of aromatic nitrogens is 1. The first kappa shape index (κ1) is 25.1. The molecule has 4 heterocycles. The zero-order valence-corrected chi connectivity index (χ0v) is 21.6. The lowest BCUT2D eigenvalue weighted by molar-refractivity contribution is -0.152. The third-order valence-corrected chi connectivity index (χ3v) is 8.76. The second-order valence-electron chi connectivity index (χ2n) is 10.2. The van der Waals surface area contributed by atoms with Crippen LogP contribution in [0.4, 0.5) is 13.9 Å². The lowest BCUT2D eigenvalue weighted by atomic mass is 9.79. The number of nitrogen functional groups attached to an aromatic ring is 1. The summed E-state index contributed by atoms with van der Waals surface area (Å²) in [6, 6.07) is 0. The van der Waals surface area contributed by atoms with E-state index in [1.807, 2.05) is 6.92 Å². The first-order valence-electron chi connectivity index (χ1n) is 12.5. The highest BCUT2D eigenvalue weighted by atomic mass is 32.1. The van der Waals surface area contributed by atoms with E-state index in [0.29, 0.717) is 68.6 Å². The molecular formula is C25H33F2N5O3S. The first-order chi connectivity index (χ1) is 17.2. The van der Waals surface area contributed by atoms with E-state index in [1.54, 1.807) is 11.0 Å². The largest absolute Gasteiger partial charge is 0.486 e. The number of carbonyl (C=O) groups excluding carboxylic acids is 1. The Kier molecular flexibility index (Phi) is 6.80. The highest BCUT2D eigenvalue weighted by molar-refractivity contribution is 7.15. The third-order valence-electron chi connectivity index (χ3n) is 7.79. The minimum atomic E-state index is -1.85. The van der Waals surface area contributed by atoms with Gasteiger partial charge in [-0.3, -0.25) is 9.69 Å². The molecule has 0 bridgehead atoms. The Morgan fingerprint density at radius 2 is 2.03 bits per heavy atom. The average Bonchev–Trinajstić information content (AvgIpc) is 3.17. The van der Waals surface area contributed by atoms with Gasteiger partial charge in [-0.15, -0.1) is 11.3 Å². The van der Waals surface area contributed by atoms with Gasteiger partial charge in [-0.25, -0.2) is 13.8 Å². The van der Waals surface area contributed by atoms with Gasteiger partial charge in [0.15, 0.2) is 10.8 Å². The topological polar surface area (TPSA) is 93.3 Å². The number of carbonyl (C=O) groups is 1. The monoisotopic (exact) mass is 521 g/mol. The number of nitrogens with two attached hydrogens (primary N) is 1. The molecule has 196 valence electrons. The Morgan fingerprint density at radius 1 is 1.31 bits per heavy atom. The predicted molar refractivity (Wildman–Crippen MR) is 134 cm³/mol. The summed E-state index contributed by atoms with van der Waals surface area (Å²) in [5.41, 5.74) is 5.73. The van der Waals surface area contributed by atoms with E-state index in [4.69, 9.17) is 15.3 Å². The van der Waals surface area contributed by atoms with Crippen molar-refractivity contribution in [3.63, 3.8) is 0 Å². The summed E-state index contributed by atoms with van der Waals surface area (Å²) in [5.74, 6) is 0.201. The fourth-order valence-electron chi connectivity index (χ4n) is 5.65. The molecule has 36 heavy (non-hydrogen) atoms. The normalized spacial score (nSPS) is 26.7. The highest BCUT2D eigenvalue weighted by Gasteiger charge is 2.49. The number of thiazole rings is 1. The number of allylic oxidation sites excluding steroid dienone is 3. The smallest absolute Gasteiger partial charge is 0.260 e. The van der Waals surface area contributed by atoms with Crippen molar-refractivity contribution < 1.29 is 23.1 Å². The second-order valence-corrected chi connectivity index (χ2v) is 11.3.